The number of carbonyl (C=O) groups is 2. The molecular weight excluding hydrogens is 252 g/mol. The first-order chi connectivity index (χ1) is 8.52. The summed E-state index contributed by atoms with van der Waals surface area (Å²) >= 11 is 1.21. The number of benzene rings is 1. The van der Waals surface area contributed by atoms with Crippen molar-refractivity contribution < 1.29 is 14.3 Å². The summed E-state index contributed by atoms with van der Waals surface area (Å²) in [6, 6.07) is 7.02. The van der Waals surface area contributed by atoms with Crippen molar-refractivity contribution in [1.82, 2.24) is 0 Å². The van der Waals surface area contributed by atoms with E-state index in [0.29, 0.717) is 5.69 Å². The van der Waals surface area contributed by atoms with Crippen LogP contribution in [0.5, 0.6) is 5.75 Å². The predicted molar refractivity (Wildman–Crippen MR) is 72.7 cm³/mol. The van der Waals surface area contributed by atoms with Gasteiger partial charge in [0.25, 0.3) is 0 Å². The Morgan fingerprint density at radius 2 is 2.00 bits per heavy atom. The minimum atomic E-state index is -0.419. The second-order valence-electron chi connectivity index (χ2n) is 3.63. The molecule has 0 aromatic heterocycles. The number of anilines is 1. The van der Waals surface area contributed by atoms with E-state index in [9.17, 15) is 9.59 Å². The molecule has 1 atom stereocenters. The van der Waals surface area contributed by atoms with Crippen LogP contribution in [-0.4, -0.2) is 29.9 Å². The van der Waals surface area contributed by atoms with Gasteiger partial charge in [0.05, 0.1) is 18.1 Å². The van der Waals surface area contributed by atoms with Crippen LogP contribution in [0.25, 0.3) is 0 Å². The van der Waals surface area contributed by atoms with E-state index in [2.05, 4.69) is 5.32 Å². The molecule has 0 fully saturated rings. The molecule has 0 spiro atoms. The minimum absolute atomic E-state index is 0.168. The Morgan fingerprint density at radius 1 is 1.39 bits per heavy atom. The molecule has 0 heterocycles. The lowest BCUT2D eigenvalue weighted by Gasteiger charge is -2.08. The zero-order valence-corrected chi connectivity index (χ0v) is 11.1. The summed E-state index contributed by atoms with van der Waals surface area (Å²) in [5, 5.41) is 2.35. The van der Waals surface area contributed by atoms with Crippen molar-refractivity contribution in [2.75, 3.05) is 18.2 Å². The smallest absolute Gasteiger partial charge is 0.234 e. The van der Waals surface area contributed by atoms with Crippen LogP contribution in [0.4, 0.5) is 5.69 Å². The van der Waals surface area contributed by atoms with Gasteiger partial charge in [0.2, 0.25) is 11.8 Å². The molecule has 2 amide bonds. The highest BCUT2D eigenvalue weighted by Crippen LogP contribution is 2.16. The summed E-state index contributed by atoms with van der Waals surface area (Å²) in [6.07, 6.45) is 0. The fourth-order valence-electron chi connectivity index (χ4n) is 1.15. The number of amides is 2. The highest BCUT2D eigenvalue weighted by molar-refractivity contribution is 8.01. The Kier molecular flexibility index (Phi) is 5.51. The maximum absolute atomic E-state index is 11.6. The van der Waals surface area contributed by atoms with Crippen molar-refractivity contribution >= 4 is 29.3 Å². The molecule has 5 nitrogen and oxygen atoms in total. The third-order valence-electron chi connectivity index (χ3n) is 2.24. The number of thioether (sulfide) groups is 1. The number of methoxy groups -OCH3 is 1. The largest absolute Gasteiger partial charge is 0.497 e. The molecule has 18 heavy (non-hydrogen) atoms. The fourth-order valence-corrected chi connectivity index (χ4v) is 1.79. The van der Waals surface area contributed by atoms with Crippen LogP contribution >= 0.6 is 11.8 Å². The summed E-state index contributed by atoms with van der Waals surface area (Å²) in [5.74, 6) is 0.330. The maximum Gasteiger partial charge on any atom is 0.234 e. The standard InChI is InChI=1S/C12H16N2O3S/c1-8(12(13)16)18-7-11(15)14-9-3-5-10(17-2)6-4-9/h3-6,8H,7H2,1-2H3,(H2,13,16)(H,14,15). The van der Waals surface area contributed by atoms with Crippen molar-refractivity contribution in [3.8, 4) is 5.75 Å². The van der Waals surface area contributed by atoms with Crippen molar-refractivity contribution in [2.24, 2.45) is 5.73 Å². The Hall–Kier alpha value is -1.69. The topological polar surface area (TPSA) is 81.4 Å². The number of hydrogen-bond acceptors (Lipinski definition) is 4. The minimum Gasteiger partial charge on any atom is -0.497 e. The number of nitrogens with one attached hydrogen (secondary N) is 1. The molecule has 0 aliphatic carbocycles. The van der Waals surface area contributed by atoms with E-state index in [4.69, 9.17) is 10.5 Å². The molecule has 1 aromatic carbocycles. The zero-order chi connectivity index (χ0) is 13.5. The first-order valence-corrected chi connectivity index (χ1v) is 6.42. The second-order valence-corrected chi connectivity index (χ2v) is 4.96. The van der Waals surface area contributed by atoms with Crippen molar-refractivity contribution in [3.63, 3.8) is 0 Å². The molecule has 0 aliphatic heterocycles. The second kappa shape index (κ2) is 6.90. The molecule has 1 unspecified atom stereocenters. The van der Waals surface area contributed by atoms with E-state index in [0.717, 1.165) is 5.75 Å². The molecule has 1 aromatic rings. The van der Waals surface area contributed by atoms with Gasteiger partial charge in [0, 0.05) is 5.69 Å². The van der Waals surface area contributed by atoms with Gasteiger partial charge in [-0.05, 0) is 31.2 Å². The Morgan fingerprint density at radius 3 is 2.50 bits per heavy atom. The Labute approximate surface area is 110 Å². The van der Waals surface area contributed by atoms with Gasteiger partial charge in [0.15, 0.2) is 0 Å². The third-order valence-corrected chi connectivity index (χ3v) is 3.40. The normalized spacial score (nSPS) is 11.7. The van der Waals surface area contributed by atoms with E-state index >= 15 is 0 Å². The number of carbonyl (C=O) groups excluding carboxylic acids is 2. The van der Waals surface area contributed by atoms with Crippen molar-refractivity contribution in [3.05, 3.63) is 24.3 Å². The number of primary amides is 1. The molecular formula is C12H16N2O3S. The van der Waals surface area contributed by atoms with E-state index < -0.39 is 5.91 Å². The van der Waals surface area contributed by atoms with E-state index in [-0.39, 0.29) is 16.9 Å². The van der Waals surface area contributed by atoms with E-state index in [1.165, 1.54) is 11.8 Å². The fraction of sp³-hybridized carbons (Fsp3) is 0.333. The molecule has 3 N–H and O–H groups in total. The summed E-state index contributed by atoms with van der Waals surface area (Å²) in [4.78, 5) is 22.4. The summed E-state index contributed by atoms with van der Waals surface area (Å²) in [5.41, 5.74) is 5.79. The molecule has 0 bridgehead atoms. The molecule has 1 rings (SSSR count). The number of nitrogens with two attached hydrogens (primary N) is 1. The van der Waals surface area contributed by atoms with Crippen LogP contribution in [0.1, 0.15) is 6.92 Å². The molecule has 6 heteroatoms. The van der Waals surface area contributed by atoms with Gasteiger partial charge in [0.1, 0.15) is 5.75 Å². The number of rotatable bonds is 6. The van der Waals surface area contributed by atoms with Gasteiger partial charge in [-0.15, -0.1) is 11.8 Å². The van der Waals surface area contributed by atoms with E-state index in [1.807, 2.05) is 0 Å². The van der Waals surface area contributed by atoms with Gasteiger partial charge < -0.3 is 15.8 Å². The van der Waals surface area contributed by atoms with Crippen molar-refractivity contribution in [1.29, 1.82) is 0 Å². The monoisotopic (exact) mass is 268 g/mol. The molecule has 0 saturated carbocycles. The molecule has 98 valence electrons. The van der Waals surface area contributed by atoms with Gasteiger partial charge in [-0.25, -0.2) is 0 Å². The first-order valence-electron chi connectivity index (χ1n) is 5.37. The van der Waals surface area contributed by atoms with Crippen molar-refractivity contribution in [2.45, 2.75) is 12.2 Å². The SMILES string of the molecule is COc1ccc(NC(=O)CSC(C)C(N)=O)cc1. The van der Waals surface area contributed by atoms with Gasteiger partial charge >= 0.3 is 0 Å². The Bertz CT molecular complexity index is 420. The van der Waals surface area contributed by atoms with Gasteiger partial charge in [-0.3, -0.25) is 9.59 Å². The quantitative estimate of drug-likeness (QED) is 0.813. The molecule has 0 radical (unpaired) electrons. The number of ether oxygens (including phenoxy) is 1. The van der Waals surface area contributed by atoms with Crippen LogP contribution in [-0.2, 0) is 9.59 Å². The average Bonchev–Trinajstić information content (AvgIpc) is 2.36. The molecule has 0 saturated heterocycles. The lowest BCUT2D eigenvalue weighted by molar-refractivity contribution is -0.117. The van der Waals surface area contributed by atoms with Crippen LogP contribution in [0, 0.1) is 0 Å². The first kappa shape index (κ1) is 14.4. The highest BCUT2D eigenvalue weighted by Gasteiger charge is 2.11. The van der Waals surface area contributed by atoms with Gasteiger partial charge in [-0.2, -0.15) is 0 Å². The van der Waals surface area contributed by atoms with Crippen LogP contribution in [0.3, 0.4) is 0 Å². The average molecular weight is 268 g/mol. The van der Waals surface area contributed by atoms with Crippen LogP contribution in [0.2, 0.25) is 0 Å². The lowest BCUT2D eigenvalue weighted by atomic mass is 10.3. The van der Waals surface area contributed by atoms with Crippen LogP contribution < -0.4 is 15.8 Å². The molecule has 0 aliphatic rings. The summed E-state index contributed by atoms with van der Waals surface area (Å²) < 4.78 is 5.01. The predicted octanol–water partition coefficient (Wildman–Crippen LogP) is 1.24. The summed E-state index contributed by atoms with van der Waals surface area (Å²) in [7, 11) is 1.58. The lowest BCUT2D eigenvalue weighted by Crippen LogP contribution is -2.25. The Balaban J connectivity index is 2.42. The highest BCUT2D eigenvalue weighted by atomic mass is 32.2. The number of hydrogen-bond donors (Lipinski definition) is 2. The van der Waals surface area contributed by atoms with E-state index in [1.54, 1.807) is 38.3 Å². The third kappa shape index (κ3) is 4.67. The summed E-state index contributed by atoms with van der Waals surface area (Å²) in [6.45, 7) is 1.67. The van der Waals surface area contributed by atoms with Crippen LogP contribution in [0.15, 0.2) is 24.3 Å². The maximum atomic E-state index is 11.6. The van der Waals surface area contributed by atoms with Gasteiger partial charge in [-0.1, -0.05) is 0 Å². The zero-order valence-electron chi connectivity index (χ0n) is 10.3.